The fraction of sp³-hybridized carbons (Fsp3) is 0.588. The number of halogens is 2. The van der Waals surface area contributed by atoms with Crippen LogP contribution in [-0.2, 0) is 10.2 Å². The molecule has 5 heteroatoms. The molecule has 2 unspecified atom stereocenters. The molecule has 0 aromatic heterocycles. The number of carbonyl (C=O) groups excluding carboxylic acids is 1. The summed E-state index contributed by atoms with van der Waals surface area (Å²) in [6.07, 6.45) is 6.71. The fourth-order valence-electron chi connectivity index (χ4n) is 4.04. The summed E-state index contributed by atoms with van der Waals surface area (Å²) in [7, 11) is 0. The molecule has 1 aromatic rings. The molecule has 3 fully saturated rings. The van der Waals surface area contributed by atoms with E-state index in [2.05, 4.69) is 38.7 Å². The van der Waals surface area contributed by atoms with Gasteiger partial charge in [0.2, 0.25) is 5.91 Å². The smallest absolute Gasteiger partial charge is 0.230 e. The zero-order valence-electron chi connectivity index (χ0n) is 12.5. The Morgan fingerprint density at radius 2 is 1.73 bits per heavy atom. The van der Waals surface area contributed by atoms with Gasteiger partial charge in [-0.05, 0) is 56.2 Å². The quantitative estimate of drug-likeness (QED) is 0.838. The molecule has 2 N–H and O–H groups in total. The Morgan fingerprint density at radius 1 is 1.14 bits per heavy atom. The third-order valence-corrected chi connectivity index (χ3v) is 5.92. The van der Waals surface area contributed by atoms with Gasteiger partial charge in [-0.25, -0.2) is 0 Å². The van der Waals surface area contributed by atoms with Gasteiger partial charge in [-0.3, -0.25) is 4.79 Å². The molecule has 2 atom stereocenters. The van der Waals surface area contributed by atoms with Crippen LogP contribution in [-0.4, -0.2) is 24.0 Å². The Labute approximate surface area is 146 Å². The first kappa shape index (κ1) is 16.3. The van der Waals surface area contributed by atoms with E-state index in [4.69, 9.17) is 0 Å². The molecule has 1 amide bonds. The van der Waals surface area contributed by atoms with Gasteiger partial charge < -0.3 is 10.6 Å². The number of hydrogen-bond acceptors (Lipinski definition) is 2. The monoisotopic (exact) mass is 384 g/mol. The number of amides is 1. The first-order chi connectivity index (χ1) is 10.2. The predicted octanol–water partition coefficient (Wildman–Crippen LogP) is 3.30. The molecule has 2 saturated heterocycles. The number of nitrogens with one attached hydrogen (secondary N) is 2. The third kappa shape index (κ3) is 2.93. The summed E-state index contributed by atoms with van der Waals surface area (Å²) < 4.78 is 1.07. The molecule has 4 rings (SSSR count). The summed E-state index contributed by atoms with van der Waals surface area (Å²) in [5.74, 6) is 0.246. The van der Waals surface area contributed by atoms with E-state index in [1.807, 2.05) is 12.1 Å². The van der Waals surface area contributed by atoms with E-state index in [9.17, 15) is 4.79 Å². The van der Waals surface area contributed by atoms with E-state index < -0.39 is 0 Å². The molecule has 2 aliphatic heterocycles. The van der Waals surface area contributed by atoms with Crippen molar-refractivity contribution in [1.82, 2.24) is 10.6 Å². The number of hydrogen-bond donors (Lipinski definition) is 2. The van der Waals surface area contributed by atoms with Crippen molar-refractivity contribution in [3.63, 3.8) is 0 Å². The molecule has 0 spiro atoms. The minimum Gasteiger partial charge on any atom is -0.352 e. The maximum Gasteiger partial charge on any atom is 0.230 e. The summed E-state index contributed by atoms with van der Waals surface area (Å²) in [5, 5.41) is 6.97. The number of fused-ring (bicyclic) bond motifs is 2. The van der Waals surface area contributed by atoms with Gasteiger partial charge in [0, 0.05) is 22.6 Å². The third-order valence-electron chi connectivity index (χ3n) is 5.39. The van der Waals surface area contributed by atoms with E-state index in [0.29, 0.717) is 18.1 Å². The maximum atomic E-state index is 12.8. The molecule has 2 heterocycles. The van der Waals surface area contributed by atoms with E-state index in [-0.39, 0.29) is 23.7 Å². The van der Waals surface area contributed by atoms with Crippen molar-refractivity contribution in [2.75, 3.05) is 0 Å². The molecule has 2 bridgehead atoms. The molecular weight excluding hydrogens is 364 g/mol. The molecule has 22 heavy (non-hydrogen) atoms. The average Bonchev–Trinajstić information content (AvgIpc) is 3.21. The van der Waals surface area contributed by atoms with Gasteiger partial charge in [0.1, 0.15) is 0 Å². The van der Waals surface area contributed by atoms with Crippen LogP contribution in [0.5, 0.6) is 0 Å². The zero-order valence-corrected chi connectivity index (χ0v) is 14.9. The highest BCUT2D eigenvalue weighted by Gasteiger charge is 2.52. The molecule has 1 aromatic carbocycles. The van der Waals surface area contributed by atoms with Gasteiger partial charge in [0.15, 0.2) is 0 Å². The van der Waals surface area contributed by atoms with E-state index in [1.165, 1.54) is 18.4 Å². The van der Waals surface area contributed by atoms with Crippen LogP contribution in [0.15, 0.2) is 28.7 Å². The second-order valence-electron chi connectivity index (χ2n) is 6.87. The molecule has 3 aliphatic rings. The van der Waals surface area contributed by atoms with E-state index >= 15 is 0 Å². The summed E-state index contributed by atoms with van der Waals surface area (Å²) in [6, 6.07) is 9.85. The second-order valence-corrected chi connectivity index (χ2v) is 7.78. The number of benzene rings is 1. The van der Waals surface area contributed by atoms with Gasteiger partial charge >= 0.3 is 0 Å². The Hall–Kier alpha value is -0.580. The highest BCUT2D eigenvalue weighted by atomic mass is 79.9. The lowest BCUT2D eigenvalue weighted by Gasteiger charge is -2.31. The lowest BCUT2D eigenvalue weighted by molar-refractivity contribution is -0.124. The largest absolute Gasteiger partial charge is 0.352 e. The Balaban J connectivity index is 0.00000144. The number of piperidine rings is 1. The van der Waals surface area contributed by atoms with Crippen molar-refractivity contribution >= 4 is 34.2 Å². The van der Waals surface area contributed by atoms with Crippen LogP contribution in [0.3, 0.4) is 0 Å². The summed E-state index contributed by atoms with van der Waals surface area (Å²) in [6.45, 7) is 0. The van der Waals surface area contributed by atoms with E-state index in [0.717, 1.165) is 30.2 Å². The van der Waals surface area contributed by atoms with Crippen LogP contribution in [0.4, 0.5) is 0 Å². The SMILES string of the molecule is Cl.O=C(NC1CC2CCC(C1)N2)C1(c2ccc(Br)cc2)CC1. The van der Waals surface area contributed by atoms with Crippen LogP contribution in [0, 0.1) is 0 Å². The summed E-state index contributed by atoms with van der Waals surface area (Å²) >= 11 is 3.46. The van der Waals surface area contributed by atoms with Crippen LogP contribution in [0.25, 0.3) is 0 Å². The molecule has 3 nitrogen and oxygen atoms in total. The topological polar surface area (TPSA) is 41.1 Å². The van der Waals surface area contributed by atoms with Gasteiger partial charge in [-0.1, -0.05) is 28.1 Å². The predicted molar refractivity (Wildman–Crippen MR) is 93.4 cm³/mol. The Bertz CT molecular complexity index is 546. The first-order valence-corrected chi connectivity index (χ1v) is 8.78. The standard InChI is InChI=1S/C17H21BrN2O.ClH/c18-12-3-1-11(2-4-12)17(7-8-17)16(21)20-15-9-13-5-6-14(10-15)19-13;/h1-4,13-15,19H,5-10H2,(H,20,21);1H. The van der Waals surface area contributed by atoms with Crippen molar-refractivity contribution in [3.8, 4) is 0 Å². The van der Waals surface area contributed by atoms with Crippen molar-refractivity contribution in [2.24, 2.45) is 0 Å². The van der Waals surface area contributed by atoms with Crippen LogP contribution < -0.4 is 10.6 Å². The summed E-state index contributed by atoms with van der Waals surface area (Å²) in [5.41, 5.74) is 0.921. The lowest BCUT2D eigenvalue weighted by atomic mass is 9.93. The van der Waals surface area contributed by atoms with E-state index in [1.54, 1.807) is 0 Å². The molecule has 1 saturated carbocycles. The Kier molecular flexibility index (Phi) is 4.54. The van der Waals surface area contributed by atoms with Crippen molar-refractivity contribution in [3.05, 3.63) is 34.3 Å². The second kappa shape index (κ2) is 6.14. The van der Waals surface area contributed by atoms with Crippen molar-refractivity contribution < 1.29 is 4.79 Å². The lowest BCUT2D eigenvalue weighted by Crippen LogP contribution is -2.50. The Morgan fingerprint density at radius 3 is 2.27 bits per heavy atom. The minimum atomic E-state index is -0.245. The van der Waals surface area contributed by atoms with Gasteiger partial charge in [0.25, 0.3) is 0 Å². The maximum absolute atomic E-state index is 12.8. The van der Waals surface area contributed by atoms with Gasteiger partial charge in [-0.2, -0.15) is 0 Å². The highest BCUT2D eigenvalue weighted by Crippen LogP contribution is 2.48. The number of rotatable bonds is 3. The number of carbonyl (C=O) groups is 1. The van der Waals surface area contributed by atoms with Crippen LogP contribution in [0.1, 0.15) is 44.1 Å². The minimum absolute atomic E-state index is 0. The highest BCUT2D eigenvalue weighted by molar-refractivity contribution is 9.10. The molecule has 1 aliphatic carbocycles. The zero-order chi connectivity index (χ0) is 14.4. The molecule has 0 radical (unpaired) electrons. The molecule has 120 valence electrons. The fourth-order valence-corrected chi connectivity index (χ4v) is 4.30. The first-order valence-electron chi connectivity index (χ1n) is 7.99. The van der Waals surface area contributed by atoms with Crippen LogP contribution >= 0.6 is 28.3 Å². The van der Waals surface area contributed by atoms with Gasteiger partial charge in [0.05, 0.1) is 5.41 Å². The normalized spacial score (nSPS) is 31.2. The van der Waals surface area contributed by atoms with Crippen LogP contribution in [0.2, 0.25) is 0 Å². The van der Waals surface area contributed by atoms with Gasteiger partial charge in [-0.15, -0.1) is 12.4 Å². The van der Waals surface area contributed by atoms with Crippen molar-refractivity contribution in [1.29, 1.82) is 0 Å². The molecular formula is C17H22BrClN2O. The average molecular weight is 386 g/mol. The summed E-state index contributed by atoms with van der Waals surface area (Å²) in [4.78, 5) is 12.8. The van der Waals surface area contributed by atoms with Crippen molar-refractivity contribution in [2.45, 2.75) is 62.1 Å².